The summed E-state index contributed by atoms with van der Waals surface area (Å²) >= 11 is 0. The van der Waals surface area contributed by atoms with Gasteiger partial charge in [-0.25, -0.2) is 4.57 Å². The Morgan fingerprint density at radius 2 is 1.55 bits per heavy atom. The molecule has 0 radical (unpaired) electrons. The summed E-state index contributed by atoms with van der Waals surface area (Å²) in [5, 5.41) is 7.64. The maximum atomic E-state index is 6.92. The van der Waals surface area contributed by atoms with E-state index in [0.29, 0.717) is 0 Å². The van der Waals surface area contributed by atoms with Crippen LogP contribution in [0.25, 0.3) is 43.6 Å². The first kappa shape index (κ1) is 20.2. The van der Waals surface area contributed by atoms with E-state index in [2.05, 4.69) is 107 Å². The lowest BCUT2D eigenvalue weighted by Gasteiger charge is -2.28. The second-order valence-electron chi connectivity index (χ2n) is 10.8. The molecule has 2 nitrogen and oxygen atoms in total. The summed E-state index contributed by atoms with van der Waals surface area (Å²) in [5.41, 5.74) is 6.51. The number of aromatic nitrogens is 1. The van der Waals surface area contributed by atoms with Gasteiger partial charge in [0.25, 0.3) is 0 Å². The number of ether oxygens (including phenoxy) is 1. The Morgan fingerprint density at radius 1 is 0.818 bits per heavy atom. The Kier molecular flexibility index (Phi) is 4.17. The van der Waals surface area contributed by atoms with E-state index in [1.807, 2.05) is 0 Å². The molecule has 1 aromatic heterocycles. The van der Waals surface area contributed by atoms with E-state index in [9.17, 15) is 0 Å². The lowest BCUT2D eigenvalue weighted by atomic mass is 9.81. The van der Waals surface area contributed by atoms with Gasteiger partial charge in [-0.05, 0) is 64.4 Å². The highest BCUT2D eigenvalue weighted by Gasteiger charge is 2.34. The highest BCUT2D eigenvalue weighted by Crippen LogP contribution is 2.52. The van der Waals surface area contributed by atoms with Crippen LogP contribution in [0.2, 0.25) is 0 Å². The highest BCUT2D eigenvalue weighted by molar-refractivity contribution is 6.16. The number of nitrogens with zero attached hydrogens (tertiary/aromatic N) is 1. The van der Waals surface area contributed by atoms with E-state index in [-0.39, 0.29) is 5.41 Å². The number of rotatable bonds is 1. The van der Waals surface area contributed by atoms with E-state index >= 15 is 0 Å². The second kappa shape index (κ2) is 6.81. The van der Waals surface area contributed by atoms with Crippen molar-refractivity contribution in [1.29, 1.82) is 0 Å². The molecular formula is C31H30NO+. The highest BCUT2D eigenvalue weighted by atomic mass is 16.5. The maximum absolute atomic E-state index is 6.92. The summed E-state index contributed by atoms with van der Waals surface area (Å²) in [6, 6.07) is 19.9. The molecule has 0 unspecified atom stereocenters. The molecule has 2 heterocycles. The van der Waals surface area contributed by atoms with Crippen LogP contribution >= 0.6 is 0 Å². The molecule has 6 rings (SSSR count). The third-order valence-electron chi connectivity index (χ3n) is 7.15. The van der Waals surface area contributed by atoms with Crippen LogP contribution in [0.4, 0.5) is 0 Å². The molecule has 164 valence electrons. The zero-order chi connectivity index (χ0) is 23.1. The van der Waals surface area contributed by atoms with Gasteiger partial charge in [0, 0.05) is 17.0 Å². The average Bonchev–Trinajstić information content (AvgIpc) is 2.78. The van der Waals surface area contributed by atoms with Crippen LogP contribution in [0.5, 0.6) is 11.5 Å². The van der Waals surface area contributed by atoms with E-state index in [1.54, 1.807) is 0 Å². The molecule has 0 aliphatic carbocycles. The molecule has 0 saturated carbocycles. The number of fused-ring (bicyclic) bond motifs is 5. The molecule has 0 spiro atoms. The predicted molar refractivity (Wildman–Crippen MR) is 138 cm³/mol. The number of hydrogen-bond donors (Lipinski definition) is 0. The van der Waals surface area contributed by atoms with Gasteiger partial charge >= 0.3 is 0 Å². The molecule has 0 atom stereocenters. The van der Waals surface area contributed by atoms with Crippen molar-refractivity contribution < 1.29 is 9.30 Å². The maximum Gasteiger partial charge on any atom is 0.228 e. The first-order valence-corrected chi connectivity index (χ1v) is 11.8. The lowest BCUT2D eigenvalue weighted by Crippen LogP contribution is -2.32. The van der Waals surface area contributed by atoms with Crippen LogP contribution in [0, 0.1) is 19.3 Å². The fraction of sp³-hybridized carbons (Fsp3) is 0.258. The quantitative estimate of drug-likeness (QED) is 0.190. The predicted octanol–water partition coefficient (Wildman–Crippen LogP) is 7.95. The molecule has 5 aromatic rings. The Morgan fingerprint density at radius 3 is 2.30 bits per heavy atom. The number of pyridine rings is 1. The van der Waals surface area contributed by atoms with Crippen molar-refractivity contribution in [2.45, 2.75) is 41.0 Å². The molecule has 0 amide bonds. The minimum Gasteiger partial charge on any atom is -0.455 e. The summed E-state index contributed by atoms with van der Waals surface area (Å²) < 4.78 is 9.20. The minimum absolute atomic E-state index is 0.142. The zero-order valence-corrected chi connectivity index (χ0v) is 20.3. The standard InChI is InChI=1S/C31H30NO/c1-18-10-9-13-22-23-14-15-32(6)29-27-19(2)20-11-7-8-12-21(20)25(17-31(3,4)5)30(27)33-26(28(23)29)16-24(18)22/h7-16H,17H2,1-6H3/q+1. The molecule has 33 heavy (non-hydrogen) atoms. The van der Waals surface area contributed by atoms with Crippen molar-refractivity contribution in [2.24, 2.45) is 12.5 Å². The van der Waals surface area contributed by atoms with Crippen LogP contribution in [0.15, 0.2) is 60.8 Å². The normalized spacial score (nSPS) is 12.9. The molecule has 2 heteroatoms. The van der Waals surface area contributed by atoms with E-state index < -0.39 is 0 Å². The summed E-state index contributed by atoms with van der Waals surface area (Å²) in [6.07, 6.45) is 3.16. The van der Waals surface area contributed by atoms with Crippen LogP contribution in [0.1, 0.15) is 37.5 Å². The summed E-state index contributed by atoms with van der Waals surface area (Å²) in [6.45, 7) is 11.4. The molecule has 0 saturated heterocycles. The third kappa shape index (κ3) is 2.90. The number of aryl methyl sites for hydroxylation is 3. The van der Waals surface area contributed by atoms with Crippen molar-refractivity contribution in [2.75, 3.05) is 0 Å². The van der Waals surface area contributed by atoms with Gasteiger partial charge in [-0.2, -0.15) is 0 Å². The van der Waals surface area contributed by atoms with Crippen molar-refractivity contribution in [1.82, 2.24) is 0 Å². The van der Waals surface area contributed by atoms with Crippen LogP contribution in [-0.4, -0.2) is 0 Å². The van der Waals surface area contributed by atoms with Crippen molar-refractivity contribution in [3.8, 4) is 22.8 Å². The monoisotopic (exact) mass is 432 g/mol. The Bertz CT molecular complexity index is 1620. The number of hydrogen-bond acceptors (Lipinski definition) is 1. The van der Waals surface area contributed by atoms with E-state index in [4.69, 9.17) is 4.74 Å². The Hall–Kier alpha value is -3.39. The smallest absolute Gasteiger partial charge is 0.228 e. The van der Waals surface area contributed by atoms with Gasteiger partial charge in [-0.1, -0.05) is 63.2 Å². The fourth-order valence-corrected chi connectivity index (χ4v) is 5.68. The van der Waals surface area contributed by atoms with Gasteiger partial charge in [0.1, 0.15) is 18.5 Å². The van der Waals surface area contributed by atoms with Crippen molar-refractivity contribution >= 4 is 32.3 Å². The topological polar surface area (TPSA) is 13.1 Å². The lowest BCUT2D eigenvalue weighted by molar-refractivity contribution is -0.659. The third-order valence-corrected chi connectivity index (χ3v) is 7.15. The molecule has 1 aliphatic rings. The Labute approximate surface area is 195 Å². The first-order chi connectivity index (χ1) is 15.7. The molecule has 4 aromatic carbocycles. The minimum atomic E-state index is 0.142. The van der Waals surface area contributed by atoms with Crippen LogP contribution in [0.3, 0.4) is 0 Å². The molecule has 0 fully saturated rings. The zero-order valence-electron chi connectivity index (χ0n) is 20.3. The molecular weight excluding hydrogens is 402 g/mol. The van der Waals surface area contributed by atoms with Gasteiger partial charge in [0.15, 0.2) is 6.20 Å². The average molecular weight is 433 g/mol. The van der Waals surface area contributed by atoms with E-state index in [1.165, 1.54) is 60.3 Å². The summed E-state index contributed by atoms with van der Waals surface area (Å²) in [7, 11) is 2.16. The van der Waals surface area contributed by atoms with Gasteiger partial charge in [0.2, 0.25) is 5.69 Å². The summed E-state index contributed by atoms with van der Waals surface area (Å²) in [4.78, 5) is 0. The summed E-state index contributed by atoms with van der Waals surface area (Å²) in [5.74, 6) is 2.00. The van der Waals surface area contributed by atoms with Gasteiger partial charge in [-0.15, -0.1) is 0 Å². The van der Waals surface area contributed by atoms with Gasteiger partial charge in [-0.3, -0.25) is 0 Å². The fourth-order valence-electron chi connectivity index (χ4n) is 5.68. The van der Waals surface area contributed by atoms with Gasteiger partial charge < -0.3 is 4.74 Å². The number of benzene rings is 4. The molecule has 0 N–H and O–H groups in total. The van der Waals surface area contributed by atoms with Crippen molar-refractivity contribution in [3.63, 3.8) is 0 Å². The molecule has 1 aliphatic heterocycles. The Balaban J connectivity index is 1.83. The SMILES string of the molecule is Cc1c2c(c(CC(C)(C)C)c3ccccc13)Oc1cc3c(C)cccc3c3cc[n+](C)c-2c13. The first-order valence-electron chi connectivity index (χ1n) is 11.8. The van der Waals surface area contributed by atoms with E-state index in [0.717, 1.165) is 17.9 Å². The largest absolute Gasteiger partial charge is 0.455 e. The van der Waals surface area contributed by atoms with Crippen LogP contribution in [-0.2, 0) is 13.5 Å². The van der Waals surface area contributed by atoms with Gasteiger partial charge in [0.05, 0.1) is 10.9 Å². The second-order valence-corrected chi connectivity index (χ2v) is 10.8. The van der Waals surface area contributed by atoms with Crippen molar-refractivity contribution in [3.05, 3.63) is 77.5 Å². The molecule has 0 bridgehead atoms. The van der Waals surface area contributed by atoms with Crippen LogP contribution < -0.4 is 9.30 Å².